The van der Waals surface area contributed by atoms with E-state index < -0.39 is 6.10 Å². The van der Waals surface area contributed by atoms with E-state index in [4.69, 9.17) is 4.74 Å². The van der Waals surface area contributed by atoms with E-state index in [2.05, 4.69) is 36.1 Å². The van der Waals surface area contributed by atoms with Crippen LogP contribution in [0.4, 0.5) is 0 Å². The molecule has 0 bridgehead atoms. The number of nitrogens with zero attached hydrogens (tertiary/aromatic N) is 1. The molecule has 0 radical (unpaired) electrons. The second-order valence-corrected chi connectivity index (χ2v) is 7.59. The van der Waals surface area contributed by atoms with Gasteiger partial charge < -0.3 is 14.7 Å². The number of hydrogen-bond acceptors (Lipinski definition) is 3. The smallest absolute Gasteiger partial charge is 0.119 e. The molecule has 27 heavy (non-hydrogen) atoms. The van der Waals surface area contributed by atoms with Crippen molar-refractivity contribution < 1.29 is 9.84 Å². The van der Waals surface area contributed by atoms with Crippen molar-refractivity contribution in [2.75, 3.05) is 26.2 Å². The Morgan fingerprint density at radius 3 is 2.30 bits per heavy atom. The molecule has 1 heterocycles. The highest BCUT2D eigenvalue weighted by Gasteiger charge is 2.26. The minimum Gasteiger partial charge on any atom is -0.494 e. The summed E-state index contributed by atoms with van der Waals surface area (Å²) in [7, 11) is 0. The molecule has 3 nitrogen and oxygen atoms in total. The van der Waals surface area contributed by atoms with Crippen LogP contribution in [0.2, 0.25) is 0 Å². The Labute approximate surface area is 164 Å². The molecule has 2 aromatic rings. The standard InChI is InChI=1S/C24H33NO2/c1-2-3-9-18-27-22-14-12-21(13-15-22)24(26)23(19-25-16-7-8-17-25)20-10-5-4-6-11-20/h4-6,10-15,23-24,26H,2-3,7-9,16-19H2,1H3/t23-,24-/m0/s1. The normalized spacial score (nSPS) is 17.0. The zero-order chi connectivity index (χ0) is 18.9. The van der Waals surface area contributed by atoms with Crippen LogP contribution < -0.4 is 4.74 Å². The van der Waals surface area contributed by atoms with Gasteiger partial charge in [0.05, 0.1) is 12.7 Å². The SMILES string of the molecule is CCCCCOc1ccc([C@H](O)[C@@H](CN2CCCC2)c2ccccc2)cc1. The van der Waals surface area contributed by atoms with Crippen LogP contribution in [0, 0.1) is 0 Å². The molecule has 2 aromatic carbocycles. The molecule has 0 saturated carbocycles. The molecule has 3 rings (SSSR count). The van der Waals surface area contributed by atoms with E-state index in [1.54, 1.807) is 0 Å². The lowest BCUT2D eigenvalue weighted by Gasteiger charge is -2.28. The number of aliphatic hydroxyl groups excluding tert-OH is 1. The van der Waals surface area contributed by atoms with Gasteiger partial charge in [-0.15, -0.1) is 0 Å². The second kappa shape index (κ2) is 10.5. The summed E-state index contributed by atoms with van der Waals surface area (Å²) < 4.78 is 5.81. The predicted molar refractivity (Wildman–Crippen MR) is 111 cm³/mol. The van der Waals surface area contributed by atoms with Gasteiger partial charge in [-0.2, -0.15) is 0 Å². The molecule has 0 amide bonds. The Hall–Kier alpha value is -1.84. The lowest BCUT2D eigenvalue weighted by Crippen LogP contribution is -2.29. The molecule has 1 N–H and O–H groups in total. The summed E-state index contributed by atoms with van der Waals surface area (Å²) in [6.07, 6.45) is 5.51. The molecule has 1 fully saturated rings. The van der Waals surface area contributed by atoms with Crippen molar-refractivity contribution in [2.45, 2.75) is 51.0 Å². The molecular formula is C24H33NO2. The maximum Gasteiger partial charge on any atom is 0.119 e. The molecule has 0 unspecified atom stereocenters. The van der Waals surface area contributed by atoms with Gasteiger partial charge >= 0.3 is 0 Å². The van der Waals surface area contributed by atoms with Crippen molar-refractivity contribution in [3.8, 4) is 5.75 Å². The van der Waals surface area contributed by atoms with Gasteiger partial charge in [-0.25, -0.2) is 0 Å². The third-order valence-corrected chi connectivity index (χ3v) is 5.50. The predicted octanol–water partition coefficient (Wildman–Crippen LogP) is 5.17. The average Bonchev–Trinajstić information content (AvgIpc) is 3.23. The monoisotopic (exact) mass is 367 g/mol. The molecule has 0 spiro atoms. The fraction of sp³-hybridized carbons (Fsp3) is 0.500. The Morgan fingerprint density at radius 1 is 0.926 bits per heavy atom. The van der Waals surface area contributed by atoms with Crippen molar-refractivity contribution >= 4 is 0 Å². The molecular weight excluding hydrogens is 334 g/mol. The molecule has 0 aliphatic carbocycles. The summed E-state index contributed by atoms with van der Waals surface area (Å²) in [6.45, 7) is 6.14. The molecule has 1 saturated heterocycles. The summed E-state index contributed by atoms with van der Waals surface area (Å²) in [6, 6.07) is 18.4. The zero-order valence-electron chi connectivity index (χ0n) is 16.5. The van der Waals surface area contributed by atoms with Crippen molar-refractivity contribution in [1.82, 2.24) is 4.90 Å². The van der Waals surface area contributed by atoms with Crippen LogP contribution in [0.3, 0.4) is 0 Å². The maximum absolute atomic E-state index is 11.2. The van der Waals surface area contributed by atoms with Crippen LogP contribution in [-0.4, -0.2) is 36.2 Å². The lowest BCUT2D eigenvalue weighted by atomic mass is 9.88. The molecule has 146 valence electrons. The number of ether oxygens (including phenoxy) is 1. The van der Waals surface area contributed by atoms with Crippen LogP contribution in [0.5, 0.6) is 5.75 Å². The first kappa shape index (κ1) is 19.9. The van der Waals surface area contributed by atoms with Gasteiger partial charge in [-0.05, 0) is 55.6 Å². The number of likely N-dealkylation sites (tertiary alicyclic amines) is 1. The Kier molecular flexibility index (Phi) is 7.73. The first-order valence-corrected chi connectivity index (χ1v) is 10.5. The Bertz CT molecular complexity index is 650. The molecule has 3 heteroatoms. The van der Waals surface area contributed by atoms with Crippen LogP contribution in [0.1, 0.15) is 62.2 Å². The summed E-state index contributed by atoms with van der Waals surface area (Å²) >= 11 is 0. The van der Waals surface area contributed by atoms with E-state index in [1.165, 1.54) is 31.2 Å². The number of rotatable bonds is 10. The fourth-order valence-electron chi connectivity index (χ4n) is 3.87. The minimum absolute atomic E-state index is 0.0839. The Balaban J connectivity index is 1.68. The fourth-order valence-corrected chi connectivity index (χ4v) is 3.87. The Morgan fingerprint density at radius 2 is 1.63 bits per heavy atom. The summed E-state index contributed by atoms with van der Waals surface area (Å²) in [5.41, 5.74) is 2.17. The topological polar surface area (TPSA) is 32.7 Å². The third kappa shape index (κ3) is 5.82. The van der Waals surface area contributed by atoms with E-state index in [0.29, 0.717) is 0 Å². The van der Waals surface area contributed by atoms with Crippen LogP contribution in [-0.2, 0) is 0 Å². The number of benzene rings is 2. The highest BCUT2D eigenvalue weighted by Crippen LogP contribution is 2.33. The maximum atomic E-state index is 11.2. The van der Waals surface area contributed by atoms with E-state index >= 15 is 0 Å². The van der Waals surface area contributed by atoms with Gasteiger partial charge in [0.15, 0.2) is 0 Å². The van der Waals surface area contributed by atoms with Crippen molar-refractivity contribution in [1.29, 1.82) is 0 Å². The van der Waals surface area contributed by atoms with Gasteiger partial charge in [-0.1, -0.05) is 62.2 Å². The highest BCUT2D eigenvalue weighted by molar-refractivity contribution is 5.32. The van der Waals surface area contributed by atoms with Gasteiger partial charge in [0, 0.05) is 12.5 Å². The number of aliphatic hydroxyl groups is 1. The zero-order valence-corrected chi connectivity index (χ0v) is 16.5. The molecule has 2 atom stereocenters. The van der Waals surface area contributed by atoms with Gasteiger partial charge in [0.1, 0.15) is 5.75 Å². The highest BCUT2D eigenvalue weighted by atomic mass is 16.5. The average molecular weight is 368 g/mol. The van der Waals surface area contributed by atoms with Crippen molar-refractivity contribution in [2.24, 2.45) is 0 Å². The van der Waals surface area contributed by atoms with Crippen LogP contribution in [0.15, 0.2) is 54.6 Å². The lowest BCUT2D eigenvalue weighted by molar-refractivity contribution is 0.123. The van der Waals surface area contributed by atoms with Gasteiger partial charge in [0.2, 0.25) is 0 Å². The van der Waals surface area contributed by atoms with Gasteiger partial charge in [0.25, 0.3) is 0 Å². The molecule has 0 aromatic heterocycles. The second-order valence-electron chi connectivity index (χ2n) is 7.59. The number of hydrogen-bond donors (Lipinski definition) is 1. The van der Waals surface area contributed by atoms with Crippen molar-refractivity contribution in [3.05, 3.63) is 65.7 Å². The van der Waals surface area contributed by atoms with E-state index in [0.717, 1.165) is 44.0 Å². The molecule has 1 aliphatic heterocycles. The van der Waals surface area contributed by atoms with E-state index in [9.17, 15) is 5.11 Å². The van der Waals surface area contributed by atoms with E-state index in [-0.39, 0.29) is 5.92 Å². The summed E-state index contributed by atoms with van der Waals surface area (Å²) in [4.78, 5) is 2.48. The summed E-state index contributed by atoms with van der Waals surface area (Å²) in [5, 5.41) is 11.2. The van der Waals surface area contributed by atoms with E-state index in [1.807, 2.05) is 30.3 Å². The number of unbranched alkanes of at least 4 members (excludes halogenated alkanes) is 2. The summed E-state index contributed by atoms with van der Waals surface area (Å²) in [5.74, 6) is 0.971. The van der Waals surface area contributed by atoms with Gasteiger partial charge in [-0.3, -0.25) is 0 Å². The van der Waals surface area contributed by atoms with Crippen molar-refractivity contribution in [3.63, 3.8) is 0 Å². The first-order valence-electron chi connectivity index (χ1n) is 10.5. The minimum atomic E-state index is -0.512. The third-order valence-electron chi connectivity index (χ3n) is 5.50. The quantitative estimate of drug-likeness (QED) is 0.588. The van der Waals surface area contributed by atoms with Crippen LogP contribution >= 0.6 is 0 Å². The largest absolute Gasteiger partial charge is 0.494 e. The first-order chi connectivity index (χ1) is 13.3. The molecule has 1 aliphatic rings. The van der Waals surface area contributed by atoms with Crippen LogP contribution in [0.25, 0.3) is 0 Å².